The van der Waals surface area contributed by atoms with E-state index in [2.05, 4.69) is 0 Å². The first-order valence-electron chi connectivity index (χ1n) is 5.14. The van der Waals surface area contributed by atoms with Crippen molar-refractivity contribution in [3.05, 3.63) is 28.2 Å². The lowest BCUT2D eigenvalue weighted by Gasteiger charge is -2.19. The van der Waals surface area contributed by atoms with E-state index < -0.39 is 11.4 Å². The maximum absolute atomic E-state index is 10.9. The molecule has 1 N–H and O–H groups in total. The van der Waals surface area contributed by atoms with Gasteiger partial charge in [0, 0.05) is 11.1 Å². The highest BCUT2D eigenvalue weighted by atomic mass is 35.5. The monoisotopic (exact) mass is 276 g/mol. The minimum absolute atomic E-state index is 0.277. The van der Waals surface area contributed by atoms with E-state index in [0.29, 0.717) is 22.2 Å². The molecule has 0 atom stereocenters. The molecule has 0 bridgehead atoms. The van der Waals surface area contributed by atoms with E-state index in [0.717, 1.165) is 0 Å². The number of rotatable bonds is 5. The highest BCUT2D eigenvalue weighted by Crippen LogP contribution is 2.29. The van der Waals surface area contributed by atoms with Crippen molar-refractivity contribution < 1.29 is 14.6 Å². The average Bonchev–Trinajstić information content (AvgIpc) is 2.22. The average molecular weight is 277 g/mol. The molecule has 3 nitrogen and oxygen atoms in total. The van der Waals surface area contributed by atoms with Crippen LogP contribution in [0.4, 0.5) is 0 Å². The molecule has 0 aliphatic rings. The van der Waals surface area contributed by atoms with Gasteiger partial charge in [0.05, 0.1) is 17.0 Å². The smallest absolute Gasteiger partial charge is 0.309 e. The number of benzene rings is 1. The summed E-state index contributed by atoms with van der Waals surface area (Å²) in [5.74, 6) is -0.376. The molecule has 0 fully saturated rings. The summed E-state index contributed by atoms with van der Waals surface area (Å²) in [6.07, 6.45) is 0.394. The third-order valence-corrected chi connectivity index (χ3v) is 3.00. The molecule has 94 valence electrons. The summed E-state index contributed by atoms with van der Waals surface area (Å²) >= 11 is 11.7. The van der Waals surface area contributed by atoms with Crippen molar-refractivity contribution in [1.29, 1.82) is 0 Å². The molecular weight excluding hydrogens is 263 g/mol. The van der Waals surface area contributed by atoms with Crippen molar-refractivity contribution in [2.75, 3.05) is 6.61 Å². The standard InChI is InChI=1S/C12H14Cl2O3/c1-12(2,11(15)16)5-6-17-10-7-8(13)3-4-9(10)14/h3-4,7H,5-6H2,1-2H3,(H,15,16). The molecule has 0 aliphatic heterocycles. The van der Waals surface area contributed by atoms with Crippen LogP contribution in [0.3, 0.4) is 0 Å². The van der Waals surface area contributed by atoms with Gasteiger partial charge in [-0.1, -0.05) is 23.2 Å². The predicted octanol–water partition coefficient (Wildman–Crippen LogP) is 3.87. The molecule has 0 saturated heterocycles. The van der Waals surface area contributed by atoms with E-state index in [1.807, 2.05) is 0 Å². The molecule has 0 heterocycles. The van der Waals surface area contributed by atoms with Gasteiger partial charge in [0.1, 0.15) is 5.75 Å². The summed E-state index contributed by atoms with van der Waals surface area (Å²) < 4.78 is 5.42. The minimum atomic E-state index is -0.849. The van der Waals surface area contributed by atoms with Crippen LogP contribution in [0.2, 0.25) is 10.0 Å². The summed E-state index contributed by atoms with van der Waals surface area (Å²) in [5, 5.41) is 9.92. The third-order valence-electron chi connectivity index (χ3n) is 2.46. The number of carboxylic acid groups (broad SMARTS) is 1. The number of carbonyl (C=O) groups is 1. The Bertz CT molecular complexity index is 416. The van der Waals surface area contributed by atoms with E-state index in [9.17, 15) is 4.79 Å². The summed E-state index contributed by atoms with van der Waals surface area (Å²) in [7, 11) is 0. The second-order valence-electron chi connectivity index (χ2n) is 4.36. The number of hydrogen-bond donors (Lipinski definition) is 1. The minimum Gasteiger partial charge on any atom is -0.492 e. The number of carboxylic acids is 1. The maximum Gasteiger partial charge on any atom is 0.309 e. The van der Waals surface area contributed by atoms with Crippen LogP contribution in [-0.4, -0.2) is 17.7 Å². The van der Waals surface area contributed by atoms with Crippen LogP contribution in [0.25, 0.3) is 0 Å². The molecule has 0 aliphatic carbocycles. The Morgan fingerprint density at radius 1 is 1.41 bits per heavy atom. The Balaban J connectivity index is 2.57. The van der Waals surface area contributed by atoms with E-state index in [1.54, 1.807) is 32.0 Å². The molecule has 0 spiro atoms. The fourth-order valence-electron chi connectivity index (χ4n) is 1.11. The fraction of sp³-hybridized carbons (Fsp3) is 0.417. The van der Waals surface area contributed by atoms with Gasteiger partial charge in [-0.3, -0.25) is 4.79 Å². The number of ether oxygens (including phenoxy) is 1. The Morgan fingerprint density at radius 2 is 2.06 bits per heavy atom. The summed E-state index contributed by atoms with van der Waals surface area (Å²) in [4.78, 5) is 10.9. The molecule has 5 heteroatoms. The number of hydrogen-bond acceptors (Lipinski definition) is 2. The van der Waals surface area contributed by atoms with Crippen molar-refractivity contribution in [3.8, 4) is 5.75 Å². The first-order valence-corrected chi connectivity index (χ1v) is 5.90. The predicted molar refractivity (Wildman–Crippen MR) is 68.0 cm³/mol. The second kappa shape index (κ2) is 5.61. The highest BCUT2D eigenvalue weighted by Gasteiger charge is 2.26. The molecule has 0 radical (unpaired) electrons. The van der Waals surface area contributed by atoms with Crippen molar-refractivity contribution in [3.63, 3.8) is 0 Å². The lowest BCUT2D eigenvalue weighted by molar-refractivity contribution is -0.147. The molecule has 0 saturated carbocycles. The van der Waals surface area contributed by atoms with Gasteiger partial charge in [0.15, 0.2) is 0 Å². The molecule has 0 amide bonds. The topological polar surface area (TPSA) is 46.5 Å². The molecule has 0 unspecified atom stereocenters. The Hall–Kier alpha value is -0.930. The van der Waals surface area contributed by atoms with Crippen molar-refractivity contribution >= 4 is 29.2 Å². The summed E-state index contributed by atoms with van der Waals surface area (Å²) in [6, 6.07) is 4.91. The SMILES string of the molecule is CC(C)(CCOc1cc(Cl)ccc1Cl)C(=O)O. The van der Waals surface area contributed by atoms with Crippen LogP contribution in [-0.2, 0) is 4.79 Å². The molecular formula is C12H14Cl2O3. The summed E-state index contributed by atoms with van der Waals surface area (Å²) in [5.41, 5.74) is -0.814. The molecule has 1 rings (SSSR count). The van der Waals surface area contributed by atoms with E-state index in [-0.39, 0.29) is 6.61 Å². The zero-order valence-electron chi connectivity index (χ0n) is 9.67. The Morgan fingerprint density at radius 3 is 2.65 bits per heavy atom. The van der Waals surface area contributed by atoms with Crippen LogP contribution >= 0.6 is 23.2 Å². The molecule has 1 aromatic rings. The molecule has 0 aromatic heterocycles. The van der Waals surface area contributed by atoms with Gasteiger partial charge in [-0.2, -0.15) is 0 Å². The number of halogens is 2. The van der Waals surface area contributed by atoms with E-state index in [4.69, 9.17) is 33.0 Å². The van der Waals surface area contributed by atoms with Gasteiger partial charge in [-0.25, -0.2) is 0 Å². The lowest BCUT2D eigenvalue weighted by atomic mass is 9.90. The normalized spacial score (nSPS) is 11.3. The maximum atomic E-state index is 10.9. The van der Waals surface area contributed by atoms with Crippen LogP contribution in [0, 0.1) is 5.41 Å². The molecule has 17 heavy (non-hydrogen) atoms. The Labute approximate surface area is 110 Å². The highest BCUT2D eigenvalue weighted by molar-refractivity contribution is 6.34. The Kier molecular flexibility index (Phi) is 4.66. The van der Waals surface area contributed by atoms with E-state index >= 15 is 0 Å². The van der Waals surface area contributed by atoms with Gasteiger partial charge in [0.2, 0.25) is 0 Å². The third kappa shape index (κ3) is 4.10. The van der Waals surface area contributed by atoms with Crippen LogP contribution < -0.4 is 4.74 Å². The molecule has 1 aromatic carbocycles. The quantitative estimate of drug-likeness (QED) is 0.888. The van der Waals surface area contributed by atoms with Crippen LogP contribution in [0.1, 0.15) is 20.3 Å². The van der Waals surface area contributed by atoms with Crippen molar-refractivity contribution in [2.45, 2.75) is 20.3 Å². The first-order chi connectivity index (χ1) is 7.83. The zero-order chi connectivity index (χ0) is 13.1. The van der Waals surface area contributed by atoms with E-state index in [1.165, 1.54) is 0 Å². The number of aliphatic carboxylic acids is 1. The zero-order valence-corrected chi connectivity index (χ0v) is 11.2. The summed E-state index contributed by atoms with van der Waals surface area (Å²) in [6.45, 7) is 3.58. The largest absolute Gasteiger partial charge is 0.492 e. The van der Waals surface area contributed by atoms with Crippen LogP contribution in [0.15, 0.2) is 18.2 Å². The van der Waals surface area contributed by atoms with Gasteiger partial charge >= 0.3 is 5.97 Å². The van der Waals surface area contributed by atoms with Crippen LogP contribution in [0.5, 0.6) is 5.75 Å². The van der Waals surface area contributed by atoms with Crippen molar-refractivity contribution in [1.82, 2.24) is 0 Å². The van der Waals surface area contributed by atoms with Crippen molar-refractivity contribution in [2.24, 2.45) is 5.41 Å². The first kappa shape index (κ1) is 14.1. The van der Waals surface area contributed by atoms with Gasteiger partial charge in [-0.15, -0.1) is 0 Å². The van der Waals surface area contributed by atoms with Gasteiger partial charge in [-0.05, 0) is 32.4 Å². The second-order valence-corrected chi connectivity index (χ2v) is 5.21. The fourth-order valence-corrected chi connectivity index (χ4v) is 1.45. The van der Waals surface area contributed by atoms with Gasteiger partial charge in [0.25, 0.3) is 0 Å². The van der Waals surface area contributed by atoms with Gasteiger partial charge < -0.3 is 9.84 Å². The lowest BCUT2D eigenvalue weighted by Crippen LogP contribution is -2.25.